The van der Waals surface area contributed by atoms with E-state index in [0.717, 1.165) is 10.7 Å². The van der Waals surface area contributed by atoms with Crippen LogP contribution in [0.2, 0.25) is 0 Å². The zero-order chi connectivity index (χ0) is 12.6. The molecule has 94 valence electrons. The van der Waals surface area contributed by atoms with Crippen LogP contribution in [-0.4, -0.2) is 17.8 Å². The van der Waals surface area contributed by atoms with Gasteiger partial charge in [-0.1, -0.05) is 6.07 Å². The third kappa shape index (κ3) is 2.07. The molecule has 0 unspecified atom stereocenters. The van der Waals surface area contributed by atoms with Crippen molar-refractivity contribution in [3.63, 3.8) is 0 Å². The van der Waals surface area contributed by atoms with Gasteiger partial charge in [-0.15, -0.1) is 22.7 Å². The SMILES string of the molecule is O=S(=O)(NCc1csc2nccn12)c1cccs1. The van der Waals surface area contributed by atoms with Crippen molar-refractivity contribution < 1.29 is 8.42 Å². The molecule has 0 fully saturated rings. The minimum atomic E-state index is -3.41. The highest BCUT2D eigenvalue weighted by Crippen LogP contribution is 2.17. The van der Waals surface area contributed by atoms with Gasteiger partial charge in [0.1, 0.15) is 4.21 Å². The summed E-state index contributed by atoms with van der Waals surface area (Å²) in [5, 5.41) is 3.65. The predicted octanol–water partition coefficient (Wildman–Crippen LogP) is 1.94. The number of sulfonamides is 1. The number of thiazole rings is 1. The maximum absolute atomic E-state index is 11.9. The molecule has 0 aliphatic heterocycles. The molecule has 1 N–H and O–H groups in total. The molecule has 0 atom stereocenters. The van der Waals surface area contributed by atoms with Gasteiger partial charge in [0.25, 0.3) is 0 Å². The highest BCUT2D eigenvalue weighted by atomic mass is 32.2. The molecular weight excluding hydrogens is 290 g/mol. The Morgan fingerprint density at radius 2 is 2.28 bits per heavy atom. The van der Waals surface area contributed by atoms with Crippen LogP contribution in [0.1, 0.15) is 5.69 Å². The molecule has 0 spiro atoms. The Labute approximate surface area is 112 Å². The van der Waals surface area contributed by atoms with Crippen molar-refractivity contribution in [3.8, 4) is 0 Å². The van der Waals surface area contributed by atoms with Crippen molar-refractivity contribution in [3.05, 3.63) is 41.0 Å². The number of hydrogen-bond donors (Lipinski definition) is 1. The van der Waals surface area contributed by atoms with Gasteiger partial charge in [-0.05, 0) is 11.4 Å². The summed E-state index contributed by atoms with van der Waals surface area (Å²) < 4.78 is 28.7. The van der Waals surface area contributed by atoms with Crippen LogP contribution >= 0.6 is 22.7 Å². The van der Waals surface area contributed by atoms with Gasteiger partial charge < -0.3 is 0 Å². The van der Waals surface area contributed by atoms with E-state index in [4.69, 9.17) is 0 Å². The van der Waals surface area contributed by atoms with Gasteiger partial charge in [0.05, 0.1) is 6.54 Å². The van der Waals surface area contributed by atoms with Gasteiger partial charge in [-0.3, -0.25) is 4.40 Å². The molecule has 3 aromatic rings. The Balaban J connectivity index is 1.81. The molecule has 0 radical (unpaired) electrons. The van der Waals surface area contributed by atoms with Gasteiger partial charge in [0, 0.05) is 23.5 Å². The van der Waals surface area contributed by atoms with Gasteiger partial charge >= 0.3 is 0 Å². The standard InChI is InChI=1S/C10H9N3O2S3/c14-18(15,9-2-1-5-16-9)12-6-8-7-17-10-11-3-4-13(8)10/h1-5,7,12H,6H2. The van der Waals surface area contributed by atoms with Gasteiger partial charge in [-0.25, -0.2) is 18.1 Å². The van der Waals surface area contributed by atoms with E-state index in [-0.39, 0.29) is 6.54 Å². The molecule has 5 nitrogen and oxygen atoms in total. The summed E-state index contributed by atoms with van der Waals surface area (Å²) in [6.07, 6.45) is 3.52. The topological polar surface area (TPSA) is 63.5 Å². The quantitative estimate of drug-likeness (QED) is 0.800. The predicted molar refractivity (Wildman–Crippen MR) is 71.4 cm³/mol. The number of aromatic nitrogens is 2. The maximum atomic E-state index is 11.9. The van der Waals surface area contributed by atoms with Crippen LogP contribution < -0.4 is 4.72 Å². The zero-order valence-electron chi connectivity index (χ0n) is 9.11. The van der Waals surface area contributed by atoms with Crippen LogP contribution in [0.5, 0.6) is 0 Å². The van der Waals surface area contributed by atoms with E-state index in [1.54, 1.807) is 23.7 Å². The molecule has 3 heterocycles. The average molecular weight is 299 g/mol. The lowest BCUT2D eigenvalue weighted by atomic mass is 10.5. The molecule has 0 aliphatic rings. The number of rotatable bonds is 4. The molecule has 18 heavy (non-hydrogen) atoms. The molecule has 3 aromatic heterocycles. The van der Waals surface area contributed by atoms with Crippen molar-refractivity contribution in [1.82, 2.24) is 14.1 Å². The monoisotopic (exact) mass is 299 g/mol. The second-order valence-electron chi connectivity index (χ2n) is 3.56. The summed E-state index contributed by atoms with van der Waals surface area (Å²) in [7, 11) is -3.41. The number of fused-ring (bicyclic) bond motifs is 1. The summed E-state index contributed by atoms with van der Waals surface area (Å²) in [6, 6.07) is 3.31. The Kier molecular flexibility index (Phi) is 2.94. The number of hydrogen-bond acceptors (Lipinski definition) is 5. The second-order valence-corrected chi connectivity index (χ2v) is 7.34. The van der Waals surface area contributed by atoms with Crippen LogP contribution in [0.15, 0.2) is 39.5 Å². The first kappa shape index (κ1) is 11.8. The molecule has 0 saturated carbocycles. The fourth-order valence-corrected chi connectivity index (χ4v) is 4.44. The number of imidazole rings is 1. The fraction of sp³-hybridized carbons (Fsp3) is 0.100. The molecule has 0 saturated heterocycles. The van der Waals surface area contributed by atoms with Crippen LogP contribution in [-0.2, 0) is 16.6 Å². The molecule has 0 aliphatic carbocycles. The Morgan fingerprint density at radius 3 is 3.06 bits per heavy atom. The first-order valence-electron chi connectivity index (χ1n) is 5.09. The number of thiophene rings is 1. The fourth-order valence-electron chi connectivity index (χ4n) is 1.56. The lowest BCUT2D eigenvalue weighted by molar-refractivity contribution is 0.582. The van der Waals surface area contributed by atoms with E-state index in [2.05, 4.69) is 9.71 Å². The normalized spacial score (nSPS) is 12.2. The van der Waals surface area contributed by atoms with Crippen LogP contribution in [0.4, 0.5) is 0 Å². The first-order chi connectivity index (χ1) is 8.67. The molecular formula is C10H9N3O2S3. The Morgan fingerprint density at radius 1 is 1.39 bits per heavy atom. The van der Waals surface area contributed by atoms with E-state index < -0.39 is 10.0 Å². The van der Waals surface area contributed by atoms with Crippen molar-refractivity contribution in [2.75, 3.05) is 0 Å². The van der Waals surface area contributed by atoms with Crippen molar-refractivity contribution in [1.29, 1.82) is 0 Å². The van der Waals surface area contributed by atoms with Crippen molar-refractivity contribution in [2.24, 2.45) is 0 Å². The Hall–Kier alpha value is -1.22. The summed E-state index contributed by atoms with van der Waals surface area (Å²) in [6.45, 7) is 0.261. The van der Waals surface area contributed by atoms with Crippen LogP contribution in [0.25, 0.3) is 4.96 Å². The summed E-state index contributed by atoms with van der Waals surface area (Å²) in [4.78, 5) is 5.00. The third-order valence-electron chi connectivity index (χ3n) is 2.42. The van der Waals surface area contributed by atoms with E-state index in [0.29, 0.717) is 4.21 Å². The molecule has 3 rings (SSSR count). The maximum Gasteiger partial charge on any atom is 0.250 e. The van der Waals surface area contributed by atoms with Crippen molar-refractivity contribution >= 4 is 37.7 Å². The summed E-state index contributed by atoms with van der Waals surface area (Å²) in [5.41, 5.74) is 0.882. The lowest BCUT2D eigenvalue weighted by Crippen LogP contribution is -2.22. The average Bonchev–Trinajstić information content (AvgIpc) is 3.05. The van der Waals surface area contributed by atoms with Gasteiger partial charge in [0.15, 0.2) is 4.96 Å². The summed E-state index contributed by atoms with van der Waals surface area (Å²) >= 11 is 2.69. The van der Waals surface area contributed by atoms with Crippen LogP contribution in [0.3, 0.4) is 0 Å². The zero-order valence-corrected chi connectivity index (χ0v) is 11.6. The van der Waals surface area contributed by atoms with E-state index in [9.17, 15) is 8.42 Å². The molecule has 0 amide bonds. The smallest absolute Gasteiger partial charge is 0.250 e. The van der Waals surface area contributed by atoms with Crippen LogP contribution in [0, 0.1) is 0 Å². The van der Waals surface area contributed by atoms with Gasteiger partial charge in [-0.2, -0.15) is 0 Å². The highest BCUT2D eigenvalue weighted by molar-refractivity contribution is 7.91. The number of nitrogens with one attached hydrogen (secondary N) is 1. The largest absolute Gasteiger partial charge is 0.293 e. The van der Waals surface area contributed by atoms with E-state index in [1.807, 2.05) is 16.0 Å². The second kappa shape index (κ2) is 4.47. The molecule has 0 bridgehead atoms. The van der Waals surface area contributed by atoms with E-state index >= 15 is 0 Å². The third-order valence-corrected chi connectivity index (χ3v) is 6.12. The molecule has 8 heteroatoms. The minimum Gasteiger partial charge on any atom is -0.293 e. The first-order valence-corrected chi connectivity index (χ1v) is 8.34. The lowest BCUT2D eigenvalue weighted by Gasteiger charge is -2.03. The number of nitrogens with zero attached hydrogens (tertiary/aromatic N) is 2. The van der Waals surface area contributed by atoms with Gasteiger partial charge in [0.2, 0.25) is 10.0 Å². The minimum absolute atomic E-state index is 0.261. The summed E-state index contributed by atoms with van der Waals surface area (Å²) in [5.74, 6) is 0. The Bertz CT molecular complexity index is 755. The van der Waals surface area contributed by atoms with Crippen molar-refractivity contribution in [2.45, 2.75) is 10.8 Å². The highest BCUT2D eigenvalue weighted by Gasteiger charge is 2.15. The van der Waals surface area contributed by atoms with E-state index in [1.165, 1.54) is 22.7 Å². The molecule has 0 aromatic carbocycles.